The van der Waals surface area contributed by atoms with Gasteiger partial charge in [-0.05, 0) is 18.2 Å². The van der Waals surface area contributed by atoms with E-state index in [1.165, 1.54) is 15.9 Å². The van der Waals surface area contributed by atoms with E-state index in [-0.39, 0.29) is 37.1 Å². The molecular formula is C22H23F4N5O3. The Balaban J connectivity index is 1.57. The van der Waals surface area contributed by atoms with Crippen molar-refractivity contribution in [1.82, 2.24) is 19.6 Å². The van der Waals surface area contributed by atoms with Crippen LogP contribution in [0.15, 0.2) is 30.9 Å². The maximum Gasteiger partial charge on any atom is 0.419 e. The molecule has 2 N–H and O–H groups in total. The molecule has 2 aliphatic rings. The fraction of sp³-hybridized carbons (Fsp3) is 0.409. The summed E-state index contributed by atoms with van der Waals surface area (Å²) in [5, 5.41) is 17.1. The van der Waals surface area contributed by atoms with E-state index in [0.29, 0.717) is 42.0 Å². The number of aliphatic hydroxyl groups excluding tert-OH is 1. The fourth-order valence-corrected chi connectivity index (χ4v) is 4.30. The number of hydrogen-bond donors (Lipinski definition) is 2. The van der Waals surface area contributed by atoms with E-state index < -0.39 is 29.7 Å². The summed E-state index contributed by atoms with van der Waals surface area (Å²) in [5.41, 5.74) is -0.152. The minimum absolute atomic E-state index is 0.0259. The van der Waals surface area contributed by atoms with Gasteiger partial charge in [0, 0.05) is 50.3 Å². The normalized spacial score (nSPS) is 19.2. The van der Waals surface area contributed by atoms with Gasteiger partial charge in [0.2, 0.25) is 0 Å². The van der Waals surface area contributed by atoms with Crippen LogP contribution < -0.4 is 5.32 Å². The Bertz CT molecular complexity index is 1150. The summed E-state index contributed by atoms with van der Waals surface area (Å²) < 4.78 is 54.0. The summed E-state index contributed by atoms with van der Waals surface area (Å²) in [7, 11) is 1.61. The molecule has 2 atom stereocenters. The van der Waals surface area contributed by atoms with Crippen molar-refractivity contribution in [1.29, 1.82) is 0 Å². The van der Waals surface area contributed by atoms with Crippen molar-refractivity contribution < 1.29 is 32.3 Å². The van der Waals surface area contributed by atoms with Gasteiger partial charge in [-0.3, -0.25) is 9.48 Å². The Hall–Kier alpha value is -3.41. The second-order valence-electron chi connectivity index (χ2n) is 8.42. The molecule has 1 aromatic heterocycles. The lowest BCUT2D eigenvalue weighted by Crippen LogP contribution is -2.40. The number of halogens is 4. The van der Waals surface area contributed by atoms with Gasteiger partial charge in [-0.25, -0.2) is 9.18 Å². The number of aromatic nitrogens is 2. The molecule has 12 heteroatoms. The summed E-state index contributed by atoms with van der Waals surface area (Å²) in [6, 6.07) is 1.55. The van der Waals surface area contributed by atoms with Crippen LogP contribution in [0.1, 0.15) is 27.3 Å². The minimum atomic E-state index is -4.90. The minimum Gasteiger partial charge on any atom is -0.389 e. The lowest BCUT2D eigenvalue weighted by atomic mass is 10.0. The van der Waals surface area contributed by atoms with Crippen molar-refractivity contribution in [2.45, 2.75) is 31.8 Å². The van der Waals surface area contributed by atoms with Crippen LogP contribution in [-0.2, 0) is 25.7 Å². The number of nitrogens with one attached hydrogen (secondary N) is 1. The number of alkyl halides is 3. The van der Waals surface area contributed by atoms with Gasteiger partial charge in [0.25, 0.3) is 5.91 Å². The number of amides is 3. The number of rotatable bonds is 3. The second-order valence-corrected chi connectivity index (χ2v) is 8.42. The number of urea groups is 1. The highest BCUT2D eigenvalue weighted by Crippen LogP contribution is 2.33. The molecule has 3 heterocycles. The first-order valence-corrected chi connectivity index (χ1v) is 10.6. The van der Waals surface area contributed by atoms with Crippen LogP contribution in [0, 0.1) is 11.7 Å². The van der Waals surface area contributed by atoms with Crippen LogP contribution in [0.4, 0.5) is 28.0 Å². The number of benzene rings is 1. The highest BCUT2D eigenvalue weighted by atomic mass is 19.4. The Kier molecular flexibility index (Phi) is 6.11. The molecule has 0 bridgehead atoms. The van der Waals surface area contributed by atoms with E-state index in [1.54, 1.807) is 11.7 Å². The second kappa shape index (κ2) is 8.75. The highest BCUT2D eigenvalue weighted by molar-refractivity contribution is 5.95. The van der Waals surface area contributed by atoms with Crippen molar-refractivity contribution in [3.05, 3.63) is 59.2 Å². The van der Waals surface area contributed by atoms with E-state index in [0.717, 1.165) is 6.07 Å². The Labute approximate surface area is 192 Å². The van der Waals surface area contributed by atoms with Crippen LogP contribution in [0.3, 0.4) is 0 Å². The average Bonchev–Trinajstić information content (AvgIpc) is 3.08. The quantitative estimate of drug-likeness (QED) is 0.521. The van der Waals surface area contributed by atoms with Gasteiger partial charge < -0.3 is 20.2 Å². The molecule has 2 aromatic rings. The SMILES string of the molecule is C=CC(O)[C@H]1CN(C)C(=O)c2c3c(nn2C1)CCN(C(=O)Nc1ccc(F)c(C(F)(F)F)c1)C3. The molecule has 3 amide bonds. The first kappa shape index (κ1) is 23.7. The first-order chi connectivity index (χ1) is 16.0. The van der Waals surface area contributed by atoms with Crippen molar-refractivity contribution in [2.24, 2.45) is 5.92 Å². The van der Waals surface area contributed by atoms with Crippen LogP contribution in [0.25, 0.3) is 0 Å². The predicted molar refractivity (Wildman–Crippen MR) is 113 cm³/mol. The summed E-state index contributed by atoms with van der Waals surface area (Å²) in [6.45, 7) is 4.43. The standard InChI is InChI=1S/C22H23F4N5O3/c1-3-18(32)12-9-29(2)20(33)19-14-11-30(7-6-17(14)28-31(19)10-12)21(34)27-13-4-5-16(23)15(8-13)22(24,25)26/h3-5,8,12,18,32H,1,6-7,9-11H2,2H3,(H,27,34)/t12-,18?/m0/s1. The van der Waals surface area contributed by atoms with Crippen LogP contribution >= 0.6 is 0 Å². The third kappa shape index (κ3) is 4.37. The largest absolute Gasteiger partial charge is 0.419 e. The average molecular weight is 481 g/mol. The Morgan fingerprint density at radius 1 is 1.35 bits per heavy atom. The van der Waals surface area contributed by atoms with Gasteiger partial charge >= 0.3 is 12.2 Å². The fourth-order valence-electron chi connectivity index (χ4n) is 4.30. The van der Waals surface area contributed by atoms with Gasteiger partial charge in [0.05, 0.1) is 23.9 Å². The zero-order chi connectivity index (χ0) is 24.8. The Morgan fingerprint density at radius 3 is 2.76 bits per heavy atom. The molecule has 0 saturated heterocycles. The molecule has 4 rings (SSSR count). The van der Waals surface area contributed by atoms with Crippen molar-refractivity contribution in [3.8, 4) is 0 Å². The Morgan fingerprint density at radius 2 is 2.09 bits per heavy atom. The third-order valence-electron chi connectivity index (χ3n) is 6.10. The molecule has 8 nitrogen and oxygen atoms in total. The van der Waals surface area contributed by atoms with Crippen LogP contribution in [0.2, 0.25) is 0 Å². The molecule has 0 radical (unpaired) electrons. The maximum atomic E-state index is 13.5. The zero-order valence-corrected chi connectivity index (χ0v) is 18.3. The molecule has 182 valence electrons. The molecule has 0 fully saturated rings. The smallest absolute Gasteiger partial charge is 0.389 e. The van der Waals surface area contributed by atoms with Crippen molar-refractivity contribution in [3.63, 3.8) is 0 Å². The molecule has 0 saturated carbocycles. The van der Waals surface area contributed by atoms with Gasteiger partial charge in [0.1, 0.15) is 11.5 Å². The zero-order valence-electron chi connectivity index (χ0n) is 18.3. The van der Waals surface area contributed by atoms with Crippen LogP contribution in [-0.4, -0.2) is 62.9 Å². The summed E-state index contributed by atoms with van der Waals surface area (Å²) >= 11 is 0. The third-order valence-corrected chi connectivity index (χ3v) is 6.10. The van der Waals surface area contributed by atoms with E-state index >= 15 is 0 Å². The molecular weight excluding hydrogens is 458 g/mol. The lowest BCUT2D eigenvalue weighted by molar-refractivity contribution is -0.139. The van der Waals surface area contributed by atoms with E-state index in [2.05, 4.69) is 17.0 Å². The van der Waals surface area contributed by atoms with Crippen molar-refractivity contribution >= 4 is 17.6 Å². The number of aliphatic hydroxyl groups is 1. The van der Waals surface area contributed by atoms with E-state index in [9.17, 15) is 32.3 Å². The molecule has 0 spiro atoms. The summed E-state index contributed by atoms with van der Waals surface area (Å²) in [4.78, 5) is 28.7. The maximum absolute atomic E-state index is 13.5. The summed E-state index contributed by atoms with van der Waals surface area (Å²) in [5.74, 6) is -2.05. The monoisotopic (exact) mass is 481 g/mol. The van der Waals surface area contributed by atoms with Gasteiger partial charge in [-0.1, -0.05) is 6.08 Å². The molecule has 0 aliphatic carbocycles. The molecule has 34 heavy (non-hydrogen) atoms. The number of hydrogen-bond acceptors (Lipinski definition) is 4. The molecule has 1 aromatic carbocycles. The number of carbonyl (C=O) groups is 2. The van der Waals surface area contributed by atoms with Crippen LogP contribution in [0.5, 0.6) is 0 Å². The predicted octanol–water partition coefficient (Wildman–Crippen LogP) is 2.88. The van der Waals surface area contributed by atoms with E-state index in [4.69, 9.17) is 0 Å². The lowest BCUT2D eigenvalue weighted by Gasteiger charge is -2.27. The number of carbonyl (C=O) groups excluding carboxylic acids is 2. The highest BCUT2D eigenvalue weighted by Gasteiger charge is 2.37. The number of fused-ring (bicyclic) bond motifs is 3. The first-order valence-electron chi connectivity index (χ1n) is 10.6. The number of nitrogens with zero attached hydrogens (tertiary/aromatic N) is 4. The topological polar surface area (TPSA) is 90.7 Å². The summed E-state index contributed by atoms with van der Waals surface area (Å²) in [6.07, 6.45) is -3.99. The van der Waals surface area contributed by atoms with Gasteiger partial charge in [-0.2, -0.15) is 18.3 Å². The van der Waals surface area contributed by atoms with Crippen molar-refractivity contribution in [2.75, 3.05) is 25.5 Å². The molecule has 1 unspecified atom stereocenters. The number of anilines is 1. The molecule has 2 aliphatic heterocycles. The van der Waals surface area contributed by atoms with Gasteiger partial charge in [0.15, 0.2) is 0 Å². The van der Waals surface area contributed by atoms with Gasteiger partial charge in [-0.15, -0.1) is 6.58 Å². The van der Waals surface area contributed by atoms with E-state index in [1.807, 2.05) is 0 Å².